The molecule has 1 saturated heterocycles. The molecule has 1 aromatic heterocycles. The SMILES string of the molecule is CS(=O)(=O)N(Cc1ccccc1)[C@H]1CCCCC/C=C\[C@H]2C[C@@]2(C(=O)NS(=O)(=O)C2CC2)NC(=O)[C@@H]2C[C@@H](Oc3nc4ccccc4s3)CN2C1=O. The maximum atomic E-state index is 14.8. The number of amides is 3. The van der Waals surface area contributed by atoms with Crippen molar-refractivity contribution in [2.24, 2.45) is 5.92 Å². The normalized spacial score (nSPS) is 27.9. The van der Waals surface area contributed by atoms with Crippen LogP contribution in [0.1, 0.15) is 63.4 Å². The number of ether oxygens (including phenoxy) is 1. The number of sulfonamides is 2. The van der Waals surface area contributed by atoms with Gasteiger partial charge in [-0.05, 0) is 56.2 Å². The number of aromatic nitrogens is 1. The molecular formula is C36H43N5O8S3. The Morgan fingerprint density at radius 3 is 2.52 bits per heavy atom. The number of carbonyl (C=O) groups excluding carboxylic acids is 3. The second kappa shape index (κ2) is 14.5. The summed E-state index contributed by atoms with van der Waals surface area (Å²) in [7, 11) is -7.81. The van der Waals surface area contributed by atoms with Crippen molar-refractivity contribution in [1.29, 1.82) is 0 Å². The van der Waals surface area contributed by atoms with Crippen molar-refractivity contribution >= 4 is 59.3 Å². The number of carbonyl (C=O) groups is 3. The molecule has 3 heterocycles. The van der Waals surface area contributed by atoms with Crippen molar-refractivity contribution in [3.05, 3.63) is 72.3 Å². The lowest BCUT2D eigenvalue weighted by Crippen LogP contribution is -2.58. The van der Waals surface area contributed by atoms with Crippen LogP contribution in [0.4, 0.5) is 0 Å². The van der Waals surface area contributed by atoms with Crippen molar-refractivity contribution in [3.63, 3.8) is 0 Å². The summed E-state index contributed by atoms with van der Waals surface area (Å²) in [5.74, 6) is -2.40. The summed E-state index contributed by atoms with van der Waals surface area (Å²) in [6.45, 7) is -0.0551. The Morgan fingerprint density at radius 1 is 1.04 bits per heavy atom. The van der Waals surface area contributed by atoms with Crippen LogP contribution in [0.2, 0.25) is 0 Å². The fourth-order valence-electron chi connectivity index (χ4n) is 7.23. The van der Waals surface area contributed by atoms with Crippen molar-refractivity contribution in [3.8, 4) is 5.19 Å². The molecule has 5 atom stereocenters. The highest BCUT2D eigenvalue weighted by atomic mass is 32.2. The molecule has 278 valence electrons. The average Bonchev–Trinajstić information content (AvgIpc) is 3.99. The van der Waals surface area contributed by atoms with E-state index in [4.69, 9.17) is 4.74 Å². The molecule has 4 aliphatic rings. The summed E-state index contributed by atoms with van der Waals surface area (Å²) in [6, 6.07) is 14.3. The van der Waals surface area contributed by atoms with E-state index in [1.54, 1.807) is 24.3 Å². The van der Waals surface area contributed by atoms with Gasteiger partial charge in [0.25, 0.3) is 11.1 Å². The average molecular weight is 770 g/mol. The van der Waals surface area contributed by atoms with E-state index in [2.05, 4.69) is 15.0 Å². The molecule has 3 amide bonds. The van der Waals surface area contributed by atoms with Crippen molar-refractivity contribution < 1.29 is 36.0 Å². The van der Waals surface area contributed by atoms with Gasteiger partial charge in [0.15, 0.2) is 0 Å². The summed E-state index contributed by atoms with van der Waals surface area (Å²) < 4.78 is 63.1. The molecule has 0 unspecified atom stereocenters. The van der Waals surface area contributed by atoms with E-state index in [0.29, 0.717) is 36.4 Å². The van der Waals surface area contributed by atoms with E-state index in [1.807, 2.05) is 42.5 Å². The quantitative estimate of drug-likeness (QED) is 0.309. The summed E-state index contributed by atoms with van der Waals surface area (Å²) in [6.07, 6.45) is 8.35. The first-order chi connectivity index (χ1) is 24.8. The molecule has 3 fully saturated rings. The fraction of sp³-hybridized carbons (Fsp3) is 0.500. The van der Waals surface area contributed by atoms with E-state index < -0.39 is 72.7 Å². The number of benzene rings is 2. The van der Waals surface area contributed by atoms with Gasteiger partial charge >= 0.3 is 0 Å². The zero-order chi connectivity index (χ0) is 36.7. The molecule has 0 bridgehead atoms. The number of nitrogens with zero attached hydrogens (tertiary/aromatic N) is 3. The lowest BCUT2D eigenvalue weighted by Gasteiger charge is -2.34. The van der Waals surface area contributed by atoms with Gasteiger partial charge in [0.1, 0.15) is 23.7 Å². The van der Waals surface area contributed by atoms with Gasteiger partial charge in [-0.1, -0.05) is 78.8 Å². The van der Waals surface area contributed by atoms with E-state index in [-0.39, 0.29) is 32.4 Å². The predicted molar refractivity (Wildman–Crippen MR) is 196 cm³/mol. The molecular weight excluding hydrogens is 727 g/mol. The Morgan fingerprint density at radius 2 is 1.79 bits per heavy atom. The van der Waals surface area contributed by atoms with Crippen LogP contribution in [0.3, 0.4) is 0 Å². The zero-order valence-electron chi connectivity index (χ0n) is 28.8. The van der Waals surface area contributed by atoms with E-state index >= 15 is 0 Å². The smallest absolute Gasteiger partial charge is 0.274 e. The number of para-hydroxylation sites is 1. The fourth-order valence-corrected chi connectivity index (χ4v) is 10.5. The van der Waals surface area contributed by atoms with Crippen LogP contribution in [0.25, 0.3) is 10.2 Å². The van der Waals surface area contributed by atoms with Gasteiger partial charge < -0.3 is 15.0 Å². The second-order valence-corrected chi connectivity index (χ2v) is 19.1. The number of fused-ring (bicyclic) bond motifs is 3. The van der Waals surface area contributed by atoms with Gasteiger partial charge in [-0.2, -0.15) is 4.31 Å². The Bertz CT molecular complexity index is 2050. The van der Waals surface area contributed by atoms with Gasteiger partial charge in [0.05, 0.1) is 28.3 Å². The zero-order valence-corrected chi connectivity index (χ0v) is 31.3. The molecule has 2 N–H and O–H groups in total. The van der Waals surface area contributed by atoms with Crippen LogP contribution in [0, 0.1) is 5.92 Å². The van der Waals surface area contributed by atoms with Gasteiger partial charge in [-0.25, -0.2) is 21.8 Å². The first-order valence-electron chi connectivity index (χ1n) is 17.7. The number of nitrogens with one attached hydrogen (secondary N) is 2. The van der Waals surface area contributed by atoms with Crippen LogP contribution in [0.5, 0.6) is 5.19 Å². The van der Waals surface area contributed by atoms with Crippen molar-refractivity contribution in [2.45, 2.75) is 93.3 Å². The van der Waals surface area contributed by atoms with Crippen LogP contribution < -0.4 is 14.8 Å². The molecule has 2 aliphatic carbocycles. The number of hydrogen-bond donors (Lipinski definition) is 2. The maximum absolute atomic E-state index is 14.8. The molecule has 2 saturated carbocycles. The van der Waals surface area contributed by atoms with Crippen LogP contribution in [-0.4, -0.2) is 90.5 Å². The minimum Gasteiger partial charge on any atom is -0.465 e. The van der Waals surface area contributed by atoms with Gasteiger partial charge in [0, 0.05) is 18.9 Å². The molecule has 7 rings (SSSR count). The maximum Gasteiger partial charge on any atom is 0.274 e. The number of hydrogen-bond acceptors (Lipinski definition) is 10. The molecule has 13 nitrogen and oxygen atoms in total. The highest BCUT2D eigenvalue weighted by Gasteiger charge is 2.62. The van der Waals surface area contributed by atoms with Crippen LogP contribution in [0.15, 0.2) is 66.7 Å². The second-order valence-electron chi connectivity index (χ2n) is 14.3. The number of rotatable bonds is 9. The summed E-state index contributed by atoms with van der Waals surface area (Å²) in [5.41, 5.74) is -0.0543. The summed E-state index contributed by atoms with van der Waals surface area (Å²) >= 11 is 1.34. The first-order valence-corrected chi connectivity index (χ1v) is 21.9. The molecule has 0 radical (unpaired) electrons. The minimum absolute atomic E-state index is 0.0229. The monoisotopic (exact) mass is 769 g/mol. The molecule has 2 aromatic carbocycles. The summed E-state index contributed by atoms with van der Waals surface area (Å²) in [4.78, 5) is 48.8. The first kappa shape index (κ1) is 36.5. The van der Waals surface area contributed by atoms with E-state index in [9.17, 15) is 31.2 Å². The predicted octanol–water partition coefficient (Wildman–Crippen LogP) is 3.48. The Kier molecular flexibility index (Phi) is 10.2. The van der Waals surface area contributed by atoms with Crippen LogP contribution in [-0.2, 0) is 41.0 Å². The third-order valence-electron chi connectivity index (χ3n) is 10.3. The van der Waals surface area contributed by atoms with Crippen molar-refractivity contribution in [1.82, 2.24) is 24.2 Å². The standard InChI is InChI=1S/C36H43N5O8S3/c1-51(45,46)41(22-24-12-6-5-7-13-24)29-16-9-4-2-3-8-14-25-21-36(25,34(44)39-52(47,48)27-18-19-27)38-32(42)30-20-26(23-40(30)33(29)43)49-35-37-28-15-10-11-17-31(28)50-35/h5-8,10-15,17,25-27,29-30H,2-4,9,16,18-23H2,1H3,(H,38,42)(H,39,44)/b14-8-/t25-,26+,29-,30-,36+/m0/s1. The number of thiazole rings is 1. The highest BCUT2D eigenvalue weighted by molar-refractivity contribution is 7.91. The highest BCUT2D eigenvalue weighted by Crippen LogP contribution is 2.46. The molecule has 52 heavy (non-hydrogen) atoms. The van der Waals surface area contributed by atoms with Gasteiger partial charge in [-0.15, -0.1) is 0 Å². The van der Waals surface area contributed by atoms with Gasteiger partial charge in [0.2, 0.25) is 31.9 Å². The van der Waals surface area contributed by atoms with E-state index in [1.165, 1.54) is 20.5 Å². The molecule has 3 aromatic rings. The molecule has 0 spiro atoms. The largest absolute Gasteiger partial charge is 0.465 e. The van der Waals surface area contributed by atoms with Crippen molar-refractivity contribution in [2.75, 3.05) is 12.8 Å². The third kappa shape index (κ3) is 7.89. The number of allylic oxidation sites excluding steroid dienone is 1. The molecule has 16 heteroatoms. The Labute approximate surface area is 307 Å². The van der Waals surface area contributed by atoms with Crippen LogP contribution >= 0.6 is 11.3 Å². The Balaban J connectivity index is 1.22. The summed E-state index contributed by atoms with van der Waals surface area (Å²) in [5, 5.41) is 2.61. The third-order valence-corrected chi connectivity index (χ3v) is 14.3. The Hall–Kier alpha value is -3.86. The molecule has 2 aliphatic heterocycles. The lowest BCUT2D eigenvalue weighted by atomic mass is 10.0. The topological polar surface area (TPSA) is 172 Å². The van der Waals surface area contributed by atoms with E-state index in [0.717, 1.165) is 29.3 Å². The van der Waals surface area contributed by atoms with Gasteiger partial charge in [-0.3, -0.25) is 19.1 Å². The minimum atomic E-state index is -3.92. The lowest BCUT2D eigenvalue weighted by molar-refractivity contribution is -0.142.